The van der Waals surface area contributed by atoms with Gasteiger partial charge in [-0.1, -0.05) is 12.1 Å². The van der Waals surface area contributed by atoms with Crippen LogP contribution in [0.1, 0.15) is 26.7 Å². The molecule has 0 aliphatic rings. The zero-order valence-electron chi connectivity index (χ0n) is 15.0. The van der Waals surface area contributed by atoms with Gasteiger partial charge in [-0.15, -0.1) is 0 Å². The molecule has 1 aromatic heterocycles. The molecule has 8 nitrogen and oxygen atoms in total. The first-order valence-corrected chi connectivity index (χ1v) is 8.01. The zero-order chi connectivity index (χ0) is 18.3. The van der Waals surface area contributed by atoms with Gasteiger partial charge in [0.2, 0.25) is 0 Å². The lowest BCUT2D eigenvalue weighted by Crippen LogP contribution is -2.42. The van der Waals surface area contributed by atoms with Gasteiger partial charge in [0.15, 0.2) is 18.1 Å². The normalized spacial score (nSPS) is 12.7. The molecule has 1 heterocycles. The standard InChI is InChI=1S/C17H25N3O5/c1-17(2,3)18-9-12(21)10-23-13-7-5-6-8-14(13)24-11-15-19-16(22-4)20-25-15/h5-8,12,18,21H,9-11H2,1-4H3/t12-/m1/s1. The Labute approximate surface area is 147 Å². The average Bonchev–Trinajstić information content (AvgIpc) is 3.04. The summed E-state index contributed by atoms with van der Waals surface area (Å²) in [6.45, 7) is 6.79. The maximum atomic E-state index is 10.0. The number of nitrogens with zero attached hydrogens (tertiary/aromatic N) is 2. The molecule has 0 unspecified atom stereocenters. The number of β-amino-alcohol motifs (C(OH)–C–C–N with tert-alkyl or cyclic N) is 1. The fraction of sp³-hybridized carbons (Fsp3) is 0.529. The molecule has 1 aromatic carbocycles. The van der Waals surface area contributed by atoms with Crippen molar-refractivity contribution in [3.05, 3.63) is 30.2 Å². The molecule has 138 valence electrons. The van der Waals surface area contributed by atoms with Crippen LogP contribution in [0.5, 0.6) is 17.5 Å². The van der Waals surface area contributed by atoms with Crippen LogP contribution in [-0.2, 0) is 6.61 Å². The molecule has 2 aromatic rings. The van der Waals surface area contributed by atoms with E-state index < -0.39 is 6.10 Å². The molecule has 0 bridgehead atoms. The number of aromatic nitrogens is 2. The smallest absolute Gasteiger partial charge is 0.354 e. The maximum Gasteiger partial charge on any atom is 0.354 e. The van der Waals surface area contributed by atoms with Gasteiger partial charge >= 0.3 is 6.01 Å². The van der Waals surface area contributed by atoms with Crippen LogP contribution in [0, 0.1) is 0 Å². The molecule has 0 spiro atoms. The van der Waals surface area contributed by atoms with E-state index in [2.05, 4.69) is 15.5 Å². The maximum absolute atomic E-state index is 10.0. The van der Waals surface area contributed by atoms with Crippen LogP contribution < -0.4 is 19.5 Å². The highest BCUT2D eigenvalue weighted by Gasteiger charge is 2.14. The van der Waals surface area contributed by atoms with Gasteiger partial charge in [0.05, 0.1) is 7.11 Å². The number of benzene rings is 1. The van der Waals surface area contributed by atoms with E-state index in [4.69, 9.17) is 18.7 Å². The van der Waals surface area contributed by atoms with Gasteiger partial charge in [0.25, 0.3) is 5.89 Å². The van der Waals surface area contributed by atoms with Gasteiger partial charge < -0.3 is 29.2 Å². The molecule has 1 atom stereocenters. The van der Waals surface area contributed by atoms with Crippen molar-refractivity contribution in [2.75, 3.05) is 20.3 Å². The number of hydrogen-bond acceptors (Lipinski definition) is 8. The summed E-state index contributed by atoms with van der Waals surface area (Å²) < 4.78 is 21.2. The Morgan fingerprint density at radius 3 is 2.48 bits per heavy atom. The lowest BCUT2D eigenvalue weighted by Gasteiger charge is -2.23. The highest BCUT2D eigenvalue weighted by molar-refractivity contribution is 5.39. The third kappa shape index (κ3) is 6.60. The van der Waals surface area contributed by atoms with Gasteiger partial charge in [0, 0.05) is 12.1 Å². The fourth-order valence-electron chi connectivity index (χ4n) is 1.88. The molecule has 0 aliphatic heterocycles. The van der Waals surface area contributed by atoms with Crippen molar-refractivity contribution in [1.82, 2.24) is 15.5 Å². The number of aliphatic hydroxyl groups excluding tert-OH is 1. The van der Waals surface area contributed by atoms with Gasteiger partial charge in [-0.05, 0) is 38.1 Å². The summed E-state index contributed by atoms with van der Waals surface area (Å²) in [6.07, 6.45) is -0.632. The monoisotopic (exact) mass is 351 g/mol. The van der Waals surface area contributed by atoms with Crippen molar-refractivity contribution in [3.8, 4) is 17.5 Å². The van der Waals surface area contributed by atoms with Gasteiger partial charge in [-0.2, -0.15) is 4.98 Å². The van der Waals surface area contributed by atoms with Crippen molar-refractivity contribution < 1.29 is 23.8 Å². The summed E-state index contributed by atoms with van der Waals surface area (Å²) in [6, 6.07) is 7.35. The van der Waals surface area contributed by atoms with E-state index in [1.807, 2.05) is 32.9 Å². The van der Waals surface area contributed by atoms with E-state index in [0.29, 0.717) is 23.9 Å². The number of hydrogen-bond donors (Lipinski definition) is 2. The molecule has 0 aliphatic carbocycles. The minimum atomic E-state index is -0.632. The second kappa shape index (κ2) is 8.68. The van der Waals surface area contributed by atoms with Crippen LogP contribution in [0.3, 0.4) is 0 Å². The van der Waals surface area contributed by atoms with Crippen molar-refractivity contribution in [2.24, 2.45) is 0 Å². The predicted octanol–water partition coefficient (Wildman–Crippen LogP) is 1.78. The summed E-state index contributed by atoms with van der Waals surface area (Å²) in [5.41, 5.74) is -0.0624. The molecule has 0 radical (unpaired) electrons. The molecular formula is C17H25N3O5. The first kappa shape index (κ1) is 19.0. The van der Waals surface area contributed by atoms with E-state index in [9.17, 15) is 5.11 Å². The first-order chi connectivity index (χ1) is 11.9. The summed E-state index contributed by atoms with van der Waals surface area (Å²) >= 11 is 0. The van der Waals surface area contributed by atoms with Crippen molar-refractivity contribution in [2.45, 2.75) is 39.0 Å². The number of para-hydroxylation sites is 2. The van der Waals surface area contributed by atoms with E-state index in [-0.39, 0.29) is 24.8 Å². The molecule has 25 heavy (non-hydrogen) atoms. The van der Waals surface area contributed by atoms with E-state index in [0.717, 1.165) is 0 Å². The first-order valence-electron chi connectivity index (χ1n) is 8.01. The Balaban J connectivity index is 1.87. The molecule has 2 rings (SSSR count). The van der Waals surface area contributed by atoms with Crippen LogP contribution in [-0.4, -0.2) is 47.2 Å². The number of rotatable bonds is 9. The van der Waals surface area contributed by atoms with Crippen LogP contribution in [0.2, 0.25) is 0 Å². The van der Waals surface area contributed by atoms with E-state index in [1.54, 1.807) is 12.1 Å². The molecule has 0 amide bonds. The average molecular weight is 351 g/mol. The summed E-state index contributed by atoms with van der Waals surface area (Å²) in [5, 5.41) is 16.9. The molecule has 0 saturated heterocycles. The van der Waals surface area contributed by atoms with Gasteiger partial charge in [-0.3, -0.25) is 0 Å². The van der Waals surface area contributed by atoms with Gasteiger partial charge in [0.1, 0.15) is 12.7 Å². The lowest BCUT2D eigenvalue weighted by molar-refractivity contribution is 0.0973. The quantitative estimate of drug-likeness (QED) is 0.705. The second-order valence-electron chi connectivity index (χ2n) is 6.51. The van der Waals surface area contributed by atoms with Crippen molar-refractivity contribution in [1.29, 1.82) is 0 Å². The highest BCUT2D eigenvalue weighted by atomic mass is 16.6. The van der Waals surface area contributed by atoms with Crippen LogP contribution in [0.25, 0.3) is 0 Å². The Hall–Kier alpha value is -2.32. The predicted molar refractivity (Wildman–Crippen MR) is 90.9 cm³/mol. The Morgan fingerprint density at radius 1 is 1.20 bits per heavy atom. The fourth-order valence-corrected chi connectivity index (χ4v) is 1.88. The second-order valence-corrected chi connectivity index (χ2v) is 6.51. The lowest BCUT2D eigenvalue weighted by atomic mass is 10.1. The largest absolute Gasteiger partial charge is 0.487 e. The van der Waals surface area contributed by atoms with Crippen molar-refractivity contribution in [3.63, 3.8) is 0 Å². The van der Waals surface area contributed by atoms with Crippen LogP contribution >= 0.6 is 0 Å². The Bertz CT molecular complexity index is 654. The van der Waals surface area contributed by atoms with Crippen LogP contribution in [0.15, 0.2) is 28.8 Å². The van der Waals surface area contributed by atoms with E-state index >= 15 is 0 Å². The third-order valence-corrected chi connectivity index (χ3v) is 3.13. The molecular weight excluding hydrogens is 326 g/mol. The summed E-state index contributed by atoms with van der Waals surface area (Å²) in [5.74, 6) is 1.35. The van der Waals surface area contributed by atoms with Crippen molar-refractivity contribution >= 4 is 0 Å². The van der Waals surface area contributed by atoms with Gasteiger partial charge in [-0.25, -0.2) is 0 Å². The minimum absolute atomic E-state index is 0.0624. The SMILES string of the molecule is COc1noc(COc2ccccc2OC[C@H](O)CNC(C)(C)C)n1. The molecule has 2 N–H and O–H groups in total. The number of methoxy groups -OCH3 is 1. The zero-order valence-corrected chi connectivity index (χ0v) is 15.0. The molecule has 8 heteroatoms. The third-order valence-electron chi connectivity index (χ3n) is 3.13. The topological polar surface area (TPSA) is 98.9 Å². The minimum Gasteiger partial charge on any atom is -0.487 e. The highest BCUT2D eigenvalue weighted by Crippen LogP contribution is 2.27. The number of aliphatic hydroxyl groups is 1. The summed E-state index contributed by atoms with van der Waals surface area (Å²) in [4.78, 5) is 3.98. The number of nitrogens with one attached hydrogen (secondary N) is 1. The summed E-state index contributed by atoms with van der Waals surface area (Å²) in [7, 11) is 1.46. The molecule has 0 saturated carbocycles. The molecule has 0 fully saturated rings. The van der Waals surface area contributed by atoms with Crippen LogP contribution in [0.4, 0.5) is 0 Å². The Kier molecular flexibility index (Phi) is 6.60. The number of ether oxygens (including phenoxy) is 3. The Morgan fingerprint density at radius 2 is 1.88 bits per heavy atom. The van der Waals surface area contributed by atoms with E-state index in [1.165, 1.54) is 7.11 Å².